The topological polar surface area (TPSA) is 64.6 Å². The summed E-state index contributed by atoms with van der Waals surface area (Å²) in [6.07, 6.45) is 1.72. The number of alkyl halides is 1. The van der Waals surface area contributed by atoms with Crippen LogP contribution in [0.3, 0.4) is 0 Å². The fourth-order valence-corrected chi connectivity index (χ4v) is 1.42. The van der Waals surface area contributed by atoms with Crippen LogP contribution in [0.5, 0.6) is 0 Å². The van der Waals surface area contributed by atoms with Crippen molar-refractivity contribution in [2.24, 2.45) is 0 Å². The molecule has 5 nitrogen and oxygen atoms in total. The van der Waals surface area contributed by atoms with Crippen molar-refractivity contribution in [2.75, 3.05) is 25.2 Å². The van der Waals surface area contributed by atoms with Crippen LogP contribution in [-0.2, 0) is 14.3 Å². The summed E-state index contributed by atoms with van der Waals surface area (Å²) >= 11 is 6.82. The molecule has 0 aliphatic heterocycles. The number of hydrogen-bond acceptors (Lipinski definition) is 5. The van der Waals surface area contributed by atoms with Crippen molar-refractivity contribution in [3.63, 3.8) is 0 Å². The summed E-state index contributed by atoms with van der Waals surface area (Å²) in [6, 6.07) is -0.930. The van der Waals surface area contributed by atoms with E-state index in [0.29, 0.717) is 6.42 Å². The number of halogens is 1. The van der Waals surface area contributed by atoms with Gasteiger partial charge in [0.2, 0.25) is 0 Å². The Morgan fingerprint density at radius 2 is 2.20 bits per heavy atom. The number of esters is 1. The van der Waals surface area contributed by atoms with E-state index in [9.17, 15) is 9.59 Å². The summed E-state index contributed by atoms with van der Waals surface area (Å²) in [4.78, 5) is 22.2. The standard InChI is InChI=1S/C8H14ClNO4S/c1-13-8(12)10-6(3-4-15-2)7(11)14-5-9/h6H,3-5H2,1-2H3,(H,10,12)/t6-/m0/s1. The molecule has 0 saturated carbocycles. The quantitative estimate of drug-likeness (QED) is 0.571. The first-order valence-corrected chi connectivity index (χ1v) is 6.14. The maximum Gasteiger partial charge on any atom is 0.407 e. The molecule has 0 aliphatic carbocycles. The monoisotopic (exact) mass is 255 g/mol. The number of alkyl carbamates (subject to hydrolysis) is 1. The highest BCUT2D eigenvalue weighted by atomic mass is 35.5. The summed E-state index contributed by atoms with van der Waals surface area (Å²) in [5, 5.41) is 2.38. The highest BCUT2D eigenvalue weighted by Crippen LogP contribution is 2.03. The van der Waals surface area contributed by atoms with E-state index in [1.165, 1.54) is 7.11 Å². The van der Waals surface area contributed by atoms with E-state index < -0.39 is 18.1 Å². The molecule has 0 rings (SSSR count). The molecule has 0 radical (unpaired) electrons. The van der Waals surface area contributed by atoms with Crippen LogP contribution in [0.1, 0.15) is 6.42 Å². The van der Waals surface area contributed by atoms with Gasteiger partial charge in [0.15, 0.2) is 6.07 Å². The Kier molecular flexibility index (Phi) is 8.31. The molecule has 0 aromatic carbocycles. The van der Waals surface area contributed by atoms with Crippen LogP contribution in [0.4, 0.5) is 4.79 Å². The first-order valence-electron chi connectivity index (χ1n) is 4.21. The molecule has 0 spiro atoms. The molecule has 0 fully saturated rings. The van der Waals surface area contributed by atoms with Crippen LogP contribution in [0.2, 0.25) is 0 Å². The number of thioether (sulfide) groups is 1. The molecule has 1 N–H and O–H groups in total. The van der Waals surface area contributed by atoms with E-state index in [-0.39, 0.29) is 6.07 Å². The van der Waals surface area contributed by atoms with Gasteiger partial charge in [0.25, 0.3) is 0 Å². The zero-order valence-electron chi connectivity index (χ0n) is 8.62. The average Bonchev–Trinajstić information content (AvgIpc) is 2.24. The third-order valence-electron chi connectivity index (χ3n) is 1.57. The van der Waals surface area contributed by atoms with Gasteiger partial charge in [0.1, 0.15) is 6.04 Å². The SMILES string of the molecule is COC(=O)N[C@@H](CCSC)C(=O)OCCl. The molecule has 7 heteroatoms. The van der Waals surface area contributed by atoms with Crippen molar-refractivity contribution in [1.82, 2.24) is 5.32 Å². The Morgan fingerprint density at radius 1 is 1.53 bits per heavy atom. The maximum absolute atomic E-state index is 11.3. The van der Waals surface area contributed by atoms with E-state index >= 15 is 0 Å². The highest BCUT2D eigenvalue weighted by Gasteiger charge is 2.21. The van der Waals surface area contributed by atoms with Crippen molar-refractivity contribution in [2.45, 2.75) is 12.5 Å². The Morgan fingerprint density at radius 3 is 2.67 bits per heavy atom. The lowest BCUT2D eigenvalue weighted by Gasteiger charge is -2.15. The smallest absolute Gasteiger partial charge is 0.407 e. The van der Waals surface area contributed by atoms with E-state index in [1.54, 1.807) is 11.8 Å². The first-order chi connectivity index (χ1) is 7.15. The Balaban J connectivity index is 4.16. The van der Waals surface area contributed by atoms with E-state index in [0.717, 1.165) is 5.75 Å². The second kappa shape index (κ2) is 8.67. The molecule has 15 heavy (non-hydrogen) atoms. The number of hydrogen-bond donors (Lipinski definition) is 1. The van der Waals surface area contributed by atoms with Gasteiger partial charge < -0.3 is 14.8 Å². The molecule has 0 unspecified atom stereocenters. The number of nitrogens with one attached hydrogen (secondary N) is 1. The third-order valence-corrected chi connectivity index (χ3v) is 2.32. The summed E-state index contributed by atoms with van der Waals surface area (Å²) < 4.78 is 8.98. The van der Waals surface area contributed by atoms with Gasteiger partial charge in [-0.1, -0.05) is 11.6 Å². The van der Waals surface area contributed by atoms with Gasteiger partial charge >= 0.3 is 12.1 Å². The molecule has 0 bridgehead atoms. The lowest BCUT2D eigenvalue weighted by Crippen LogP contribution is -2.42. The maximum atomic E-state index is 11.3. The van der Waals surface area contributed by atoms with Crippen molar-refractivity contribution in [1.29, 1.82) is 0 Å². The van der Waals surface area contributed by atoms with Crippen LogP contribution < -0.4 is 5.32 Å². The summed E-state index contributed by atoms with van der Waals surface area (Å²) in [5.74, 6) is 0.177. The summed E-state index contributed by atoms with van der Waals surface area (Å²) in [7, 11) is 1.23. The van der Waals surface area contributed by atoms with E-state index in [4.69, 9.17) is 11.6 Å². The van der Waals surface area contributed by atoms with Crippen LogP contribution in [0.15, 0.2) is 0 Å². The predicted octanol–water partition coefficient (Wildman–Crippen LogP) is 1.20. The molecule has 0 saturated heterocycles. The molecule has 0 aromatic heterocycles. The minimum Gasteiger partial charge on any atom is -0.453 e. The van der Waals surface area contributed by atoms with Gasteiger partial charge in [-0.2, -0.15) is 11.8 Å². The number of amides is 1. The van der Waals surface area contributed by atoms with Crippen molar-refractivity contribution >= 4 is 35.4 Å². The van der Waals surface area contributed by atoms with Gasteiger partial charge in [-0.05, 0) is 18.4 Å². The van der Waals surface area contributed by atoms with Crippen molar-refractivity contribution in [3.8, 4) is 0 Å². The van der Waals surface area contributed by atoms with Gasteiger partial charge in [-0.15, -0.1) is 0 Å². The third kappa shape index (κ3) is 6.46. The molecule has 0 heterocycles. The number of methoxy groups -OCH3 is 1. The number of carbonyl (C=O) groups excluding carboxylic acids is 2. The largest absolute Gasteiger partial charge is 0.453 e. The molecular formula is C8H14ClNO4S. The average molecular weight is 256 g/mol. The van der Waals surface area contributed by atoms with Gasteiger partial charge in [-0.25, -0.2) is 9.59 Å². The second-order valence-electron chi connectivity index (χ2n) is 2.54. The van der Waals surface area contributed by atoms with Crippen LogP contribution in [0, 0.1) is 0 Å². The van der Waals surface area contributed by atoms with Crippen molar-refractivity contribution in [3.05, 3.63) is 0 Å². The lowest BCUT2D eigenvalue weighted by molar-refractivity contribution is -0.144. The first kappa shape index (κ1) is 14.4. The molecule has 1 atom stereocenters. The second-order valence-corrected chi connectivity index (χ2v) is 3.75. The van der Waals surface area contributed by atoms with E-state index in [1.807, 2.05) is 6.26 Å². The highest BCUT2D eigenvalue weighted by molar-refractivity contribution is 7.98. The zero-order valence-corrected chi connectivity index (χ0v) is 10.2. The van der Waals surface area contributed by atoms with Crippen LogP contribution >= 0.6 is 23.4 Å². The molecule has 0 aromatic rings. The van der Waals surface area contributed by atoms with Crippen LogP contribution in [-0.4, -0.2) is 43.3 Å². The lowest BCUT2D eigenvalue weighted by atomic mass is 10.2. The molecule has 1 amide bonds. The summed E-state index contributed by atoms with van der Waals surface area (Å²) in [5.41, 5.74) is 0. The van der Waals surface area contributed by atoms with Gasteiger partial charge in [0, 0.05) is 0 Å². The minimum atomic E-state index is -0.705. The number of rotatable bonds is 6. The Hall–Kier alpha value is -0.620. The fraction of sp³-hybridized carbons (Fsp3) is 0.750. The van der Waals surface area contributed by atoms with Gasteiger partial charge in [0.05, 0.1) is 7.11 Å². The molecule has 88 valence electrons. The predicted molar refractivity (Wildman–Crippen MR) is 59.1 cm³/mol. The number of carbonyl (C=O) groups is 2. The molecule has 0 aliphatic rings. The fourth-order valence-electron chi connectivity index (χ4n) is 0.840. The minimum absolute atomic E-state index is 0.225. The molecular weight excluding hydrogens is 242 g/mol. The summed E-state index contributed by atoms with van der Waals surface area (Å²) in [6.45, 7) is 0. The number of ether oxygens (including phenoxy) is 2. The van der Waals surface area contributed by atoms with Crippen LogP contribution in [0.25, 0.3) is 0 Å². The van der Waals surface area contributed by atoms with E-state index in [2.05, 4.69) is 14.8 Å². The zero-order chi connectivity index (χ0) is 11.7. The Labute approximate surface area is 97.8 Å². The normalized spacial score (nSPS) is 11.7. The van der Waals surface area contributed by atoms with Gasteiger partial charge in [-0.3, -0.25) is 0 Å². The van der Waals surface area contributed by atoms with Crippen molar-refractivity contribution < 1.29 is 19.1 Å². The Bertz CT molecular complexity index is 215.